The zero-order chi connectivity index (χ0) is 22.2. The van der Waals surface area contributed by atoms with E-state index in [0.717, 1.165) is 44.5 Å². The lowest BCUT2D eigenvalue weighted by molar-refractivity contribution is -0.122. The van der Waals surface area contributed by atoms with Crippen LogP contribution in [0.25, 0.3) is 11.5 Å². The number of hydrogen-bond donors (Lipinski definition) is 0. The first-order valence-electron chi connectivity index (χ1n) is 11.3. The number of piperidine rings is 1. The molecule has 3 aromatic rings. The van der Waals surface area contributed by atoms with Crippen LogP contribution in [0.4, 0.5) is 15.8 Å². The number of aryl methyl sites for hydroxylation is 3. The van der Waals surface area contributed by atoms with Gasteiger partial charge < -0.3 is 14.3 Å². The zero-order valence-corrected chi connectivity index (χ0v) is 18.5. The van der Waals surface area contributed by atoms with Gasteiger partial charge in [-0.1, -0.05) is 22.9 Å². The Labute approximate surface area is 187 Å². The Morgan fingerprint density at radius 3 is 2.72 bits per heavy atom. The van der Waals surface area contributed by atoms with Gasteiger partial charge in [-0.2, -0.15) is 4.98 Å². The molecule has 0 saturated carbocycles. The van der Waals surface area contributed by atoms with E-state index in [1.54, 1.807) is 19.1 Å². The summed E-state index contributed by atoms with van der Waals surface area (Å²) in [5, 5.41) is 3.77. The summed E-state index contributed by atoms with van der Waals surface area (Å²) >= 11 is 0. The summed E-state index contributed by atoms with van der Waals surface area (Å²) in [6, 6.07) is 11.3. The number of halogens is 1. The maximum absolute atomic E-state index is 15.0. The second-order valence-corrected chi connectivity index (χ2v) is 8.82. The molecule has 2 aliphatic heterocycles. The maximum Gasteiger partial charge on any atom is 0.258 e. The number of rotatable bonds is 3. The minimum absolute atomic E-state index is 0.145. The molecule has 6 nitrogen and oxygen atoms in total. The van der Waals surface area contributed by atoms with E-state index in [2.05, 4.69) is 35.3 Å². The first-order chi connectivity index (χ1) is 15.5. The lowest BCUT2D eigenvalue weighted by atomic mass is 9.93. The molecule has 1 amide bonds. The van der Waals surface area contributed by atoms with Crippen molar-refractivity contribution in [1.82, 2.24) is 10.1 Å². The summed E-state index contributed by atoms with van der Waals surface area (Å²) in [4.78, 5) is 21.6. The number of anilines is 2. The highest BCUT2D eigenvalue weighted by Gasteiger charge is 2.32. The normalized spacial score (nSPS) is 18.5. The van der Waals surface area contributed by atoms with E-state index >= 15 is 4.39 Å². The molecule has 2 aliphatic rings. The number of carbonyl (C=O) groups is 1. The van der Waals surface area contributed by atoms with Crippen LogP contribution in [0.5, 0.6) is 0 Å². The van der Waals surface area contributed by atoms with Crippen molar-refractivity contribution in [2.45, 2.75) is 39.5 Å². The number of aromatic nitrogens is 2. The van der Waals surface area contributed by atoms with Gasteiger partial charge in [0.2, 0.25) is 5.91 Å². The Kier molecular flexibility index (Phi) is 5.41. The van der Waals surface area contributed by atoms with Crippen LogP contribution in [0.2, 0.25) is 0 Å². The standard InChI is InChI=1S/C25H27FN4O2/c1-16-7-9-22-18(13-16)5-4-12-30(22)25(31)20-6-3-11-29(15-20)23-10-8-19(14-21(23)26)24-27-17(2)28-32-24/h7-10,13-14,20H,3-6,11-12,15H2,1-2H3. The smallest absolute Gasteiger partial charge is 0.258 e. The average Bonchev–Trinajstić information content (AvgIpc) is 3.24. The van der Waals surface area contributed by atoms with Crippen LogP contribution in [0.1, 0.15) is 36.2 Å². The van der Waals surface area contributed by atoms with Gasteiger partial charge in [0.25, 0.3) is 5.89 Å². The van der Waals surface area contributed by atoms with Gasteiger partial charge in [0.1, 0.15) is 5.82 Å². The fraction of sp³-hybridized carbons (Fsp3) is 0.400. The minimum atomic E-state index is -0.342. The van der Waals surface area contributed by atoms with Crippen LogP contribution in [0.15, 0.2) is 40.9 Å². The van der Waals surface area contributed by atoms with E-state index in [9.17, 15) is 4.79 Å². The van der Waals surface area contributed by atoms with Crippen molar-refractivity contribution in [3.63, 3.8) is 0 Å². The fourth-order valence-electron chi connectivity index (χ4n) is 4.88. The SMILES string of the molecule is Cc1ccc2c(c1)CCCN2C(=O)C1CCCN(c2ccc(-c3nc(C)no3)cc2F)C1. The molecule has 1 atom stereocenters. The van der Waals surface area contributed by atoms with Gasteiger partial charge in [-0.25, -0.2) is 4.39 Å². The third kappa shape index (κ3) is 3.87. The summed E-state index contributed by atoms with van der Waals surface area (Å²) in [6.45, 7) is 5.81. The monoisotopic (exact) mass is 434 g/mol. The summed E-state index contributed by atoms with van der Waals surface area (Å²) in [7, 11) is 0. The van der Waals surface area contributed by atoms with Crippen molar-refractivity contribution >= 4 is 17.3 Å². The van der Waals surface area contributed by atoms with Gasteiger partial charge in [-0.05, 0) is 69.4 Å². The first-order valence-corrected chi connectivity index (χ1v) is 11.3. The zero-order valence-electron chi connectivity index (χ0n) is 18.5. The van der Waals surface area contributed by atoms with Gasteiger partial charge in [-0.15, -0.1) is 0 Å². The Bertz CT molecular complexity index is 1160. The highest BCUT2D eigenvalue weighted by Crippen LogP contribution is 2.33. The maximum atomic E-state index is 15.0. The summed E-state index contributed by atoms with van der Waals surface area (Å²) in [5.74, 6) is 0.478. The summed E-state index contributed by atoms with van der Waals surface area (Å²) in [6.07, 6.45) is 3.67. The Hall–Kier alpha value is -3.22. The number of amides is 1. The molecule has 0 N–H and O–H groups in total. The van der Waals surface area contributed by atoms with Crippen LogP contribution >= 0.6 is 0 Å². The lowest BCUT2D eigenvalue weighted by Gasteiger charge is -2.38. The molecular formula is C25H27FN4O2. The number of benzene rings is 2. The van der Waals surface area contributed by atoms with Gasteiger partial charge in [0.05, 0.1) is 11.6 Å². The minimum Gasteiger partial charge on any atom is -0.368 e. The molecule has 32 heavy (non-hydrogen) atoms. The quantitative estimate of drug-likeness (QED) is 0.599. The molecule has 1 unspecified atom stereocenters. The summed E-state index contributed by atoms with van der Waals surface area (Å²) < 4.78 is 20.2. The third-order valence-corrected chi connectivity index (χ3v) is 6.45. The van der Waals surface area contributed by atoms with Crippen LogP contribution in [0, 0.1) is 25.6 Å². The van der Waals surface area contributed by atoms with Crippen molar-refractivity contribution in [1.29, 1.82) is 0 Å². The van der Waals surface area contributed by atoms with Crippen molar-refractivity contribution in [2.75, 3.05) is 29.4 Å². The molecule has 0 bridgehead atoms. The van der Waals surface area contributed by atoms with Crippen LogP contribution in [-0.2, 0) is 11.2 Å². The highest BCUT2D eigenvalue weighted by molar-refractivity contribution is 5.96. The topological polar surface area (TPSA) is 62.5 Å². The molecule has 0 spiro atoms. The molecule has 1 fully saturated rings. The summed E-state index contributed by atoms with van der Waals surface area (Å²) in [5.41, 5.74) is 4.56. The molecule has 5 rings (SSSR count). The fourth-order valence-corrected chi connectivity index (χ4v) is 4.88. The third-order valence-electron chi connectivity index (χ3n) is 6.45. The van der Waals surface area contributed by atoms with E-state index in [0.29, 0.717) is 29.5 Å². The lowest BCUT2D eigenvalue weighted by Crippen LogP contribution is -2.46. The molecule has 0 radical (unpaired) electrons. The Morgan fingerprint density at radius 2 is 1.94 bits per heavy atom. The second kappa shape index (κ2) is 8.37. The van der Waals surface area contributed by atoms with E-state index < -0.39 is 0 Å². The van der Waals surface area contributed by atoms with Crippen LogP contribution in [-0.4, -0.2) is 35.7 Å². The number of nitrogens with zero attached hydrogens (tertiary/aromatic N) is 4. The second-order valence-electron chi connectivity index (χ2n) is 8.82. The van der Waals surface area contributed by atoms with Crippen LogP contribution < -0.4 is 9.80 Å². The Balaban J connectivity index is 1.34. The molecule has 7 heteroatoms. The largest absolute Gasteiger partial charge is 0.368 e. The van der Waals surface area contributed by atoms with Crippen molar-refractivity contribution in [3.8, 4) is 11.5 Å². The average molecular weight is 435 g/mol. The highest BCUT2D eigenvalue weighted by atomic mass is 19.1. The van der Waals surface area contributed by atoms with Gasteiger partial charge in [-0.3, -0.25) is 4.79 Å². The van der Waals surface area contributed by atoms with Gasteiger partial charge in [0, 0.05) is 30.9 Å². The molecule has 1 aromatic heterocycles. The van der Waals surface area contributed by atoms with E-state index in [1.807, 2.05) is 9.80 Å². The van der Waals surface area contributed by atoms with Gasteiger partial charge in [0.15, 0.2) is 5.82 Å². The molecular weight excluding hydrogens is 407 g/mol. The number of fused-ring (bicyclic) bond motifs is 1. The molecule has 2 aromatic carbocycles. The molecule has 1 saturated heterocycles. The van der Waals surface area contributed by atoms with Gasteiger partial charge >= 0.3 is 0 Å². The molecule has 3 heterocycles. The molecule has 166 valence electrons. The predicted octanol–water partition coefficient (Wildman–Crippen LogP) is 4.69. The Morgan fingerprint density at radius 1 is 1.09 bits per heavy atom. The van der Waals surface area contributed by atoms with Crippen molar-refractivity contribution in [3.05, 3.63) is 59.2 Å². The predicted molar refractivity (Wildman–Crippen MR) is 121 cm³/mol. The molecule has 0 aliphatic carbocycles. The van der Waals surface area contributed by atoms with Crippen LogP contribution in [0.3, 0.4) is 0 Å². The van der Waals surface area contributed by atoms with E-state index in [1.165, 1.54) is 17.2 Å². The van der Waals surface area contributed by atoms with Crippen molar-refractivity contribution < 1.29 is 13.7 Å². The first kappa shape index (κ1) is 20.7. The number of hydrogen-bond acceptors (Lipinski definition) is 5. The number of carbonyl (C=O) groups excluding carboxylic acids is 1. The van der Waals surface area contributed by atoms with Crippen molar-refractivity contribution in [2.24, 2.45) is 5.92 Å². The van der Waals surface area contributed by atoms with E-state index in [4.69, 9.17) is 4.52 Å². The van der Waals surface area contributed by atoms with E-state index in [-0.39, 0.29) is 17.6 Å².